The van der Waals surface area contributed by atoms with Gasteiger partial charge in [0.05, 0.1) is 12.2 Å². The van der Waals surface area contributed by atoms with Crippen LogP contribution in [-0.4, -0.2) is 23.3 Å². The minimum Gasteiger partial charge on any atom is -0.473 e. The SMILES string of the molecule is CC1CC(Oc2ncc(Br)cc2Cl)CC(C)O1. The monoisotopic (exact) mass is 319 g/mol. The molecule has 3 nitrogen and oxygen atoms in total. The number of hydrogen-bond acceptors (Lipinski definition) is 3. The number of hydrogen-bond donors (Lipinski definition) is 0. The molecule has 0 spiro atoms. The van der Waals surface area contributed by atoms with Crippen LogP contribution in [0.1, 0.15) is 26.7 Å². The van der Waals surface area contributed by atoms with Crippen molar-refractivity contribution in [2.24, 2.45) is 0 Å². The third-order valence-corrected chi connectivity index (χ3v) is 3.41. The lowest BCUT2D eigenvalue weighted by molar-refractivity contribution is -0.0729. The molecule has 2 rings (SSSR count). The van der Waals surface area contributed by atoms with Gasteiger partial charge in [-0.2, -0.15) is 0 Å². The van der Waals surface area contributed by atoms with E-state index in [1.807, 2.05) is 0 Å². The summed E-state index contributed by atoms with van der Waals surface area (Å²) in [5, 5.41) is 0.533. The van der Waals surface area contributed by atoms with Crippen LogP contribution in [0.5, 0.6) is 5.88 Å². The Labute approximate surface area is 115 Å². The molecule has 0 aromatic carbocycles. The molecule has 1 aromatic heterocycles. The summed E-state index contributed by atoms with van der Waals surface area (Å²) < 4.78 is 12.4. The fourth-order valence-corrected chi connectivity index (χ4v) is 2.76. The van der Waals surface area contributed by atoms with Gasteiger partial charge in [0.2, 0.25) is 5.88 Å². The molecular weight excluding hydrogens is 305 g/mol. The van der Waals surface area contributed by atoms with Gasteiger partial charge in [-0.3, -0.25) is 0 Å². The first-order valence-electron chi connectivity index (χ1n) is 5.67. The Kier molecular flexibility index (Phi) is 4.28. The van der Waals surface area contributed by atoms with Crippen LogP contribution in [0.2, 0.25) is 5.02 Å². The molecule has 1 aromatic rings. The van der Waals surface area contributed by atoms with Crippen molar-refractivity contribution in [2.45, 2.75) is 45.0 Å². The van der Waals surface area contributed by atoms with Gasteiger partial charge in [-0.05, 0) is 35.8 Å². The second-order valence-corrected chi connectivity index (χ2v) is 5.73. The summed E-state index contributed by atoms with van der Waals surface area (Å²) in [6.07, 6.45) is 4.00. The summed E-state index contributed by atoms with van der Waals surface area (Å²) in [4.78, 5) is 4.18. The highest BCUT2D eigenvalue weighted by Gasteiger charge is 2.26. The summed E-state index contributed by atoms with van der Waals surface area (Å²) in [7, 11) is 0. The van der Waals surface area contributed by atoms with E-state index in [1.165, 1.54) is 0 Å². The minimum absolute atomic E-state index is 0.125. The van der Waals surface area contributed by atoms with E-state index in [0.717, 1.165) is 17.3 Å². The van der Waals surface area contributed by atoms with Crippen LogP contribution >= 0.6 is 27.5 Å². The van der Waals surface area contributed by atoms with Crippen molar-refractivity contribution in [1.29, 1.82) is 0 Å². The highest BCUT2D eigenvalue weighted by Crippen LogP contribution is 2.29. The number of aromatic nitrogens is 1. The Balaban J connectivity index is 2.04. The fourth-order valence-electron chi connectivity index (χ4n) is 2.09. The Morgan fingerprint density at radius 3 is 2.65 bits per heavy atom. The molecular formula is C12H15BrClNO2. The number of ether oxygens (including phenoxy) is 2. The Hall–Kier alpha value is -0.320. The summed E-state index contributed by atoms with van der Waals surface area (Å²) in [6.45, 7) is 4.12. The molecule has 5 heteroatoms. The first kappa shape index (κ1) is 13.1. The maximum atomic E-state index is 6.07. The van der Waals surface area contributed by atoms with Crippen molar-refractivity contribution in [3.8, 4) is 5.88 Å². The molecule has 94 valence electrons. The van der Waals surface area contributed by atoms with Crippen LogP contribution in [0.25, 0.3) is 0 Å². The normalized spacial score (nSPS) is 29.1. The largest absolute Gasteiger partial charge is 0.473 e. The lowest BCUT2D eigenvalue weighted by Gasteiger charge is -2.32. The summed E-state index contributed by atoms with van der Waals surface area (Å²) in [6, 6.07) is 1.79. The van der Waals surface area contributed by atoms with Gasteiger partial charge >= 0.3 is 0 Å². The standard InChI is InChI=1S/C12H15BrClNO2/c1-7-3-10(4-8(2)16-7)17-12-11(14)5-9(13)6-15-12/h5-8,10H,3-4H2,1-2H3. The quantitative estimate of drug-likeness (QED) is 0.830. The number of pyridine rings is 1. The van der Waals surface area contributed by atoms with Gasteiger partial charge in [0.1, 0.15) is 11.1 Å². The lowest BCUT2D eigenvalue weighted by atomic mass is 10.0. The number of halogens is 2. The van der Waals surface area contributed by atoms with Crippen LogP contribution in [-0.2, 0) is 4.74 Å². The molecule has 0 aliphatic carbocycles. The molecule has 1 fully saturated rings. The van der Waals surface area contributed by atoms with E-state index in [9.17, 15) is 0 Å². The molecule has 1 aliphatic rings. The van der Waals surface area contributed by atoms with Gasteiger partial charge in [0.25, 0.3) is 0 Å². The van der Waals surface area contributed by atoms with Crippen molar-refractivity contribution in [3.05, 3.63) is 21.8 Å². The predicted molar refractivity (Wildman–Crippen MR) is 70.6 cm³/mol. The predicted octanol–water partition coefficient (Wildman–Crippen LogP) is 3.83. The molecule has 1 aliphatic heterocycles. The van der Waals surface area contributed by atoms with E-state index in [-0.39, 0.29) is 18.3 Å². The van der Waals surface area contributed by atoms with E-state index in [1.54, 1.807) is 12.3 Å². The average Bonchev–Trinajstić information content (AvgIpc) is 2.21. The zero-order valence-electron chi connectivity index (χ0n) is 9.82. The molecule has 2 atom stereocenters. The van der Waals surface area contributed by atoms with Crippen molar-refractivity contribution in [3.63, 3.8) is 0 Å². The average molecular weight is 321 g/mol. The van der Waals surface area contributed by atoms with Gasteiger partial charge in [0.15, 0.2) is 0 Å². The Morgan fingerprint density at radius 1 is 1.41 bits per heavy atom. The maximum Gasteiger partial charge on any atom is 0.232 e. The van der Waals surface area contributed by atoms with Gasteiger partial charge in [-0.15, -0.1) is 0 Å². The molecule has 0 bridgehead atoms. The highest BCUT2D eigenvalue weighted by molar-refractivity contribution is 9.10. The topological polar surface area (TPSA) is 31.4 Å². The molecule has 2 unspecified atom stereocenters. The third-order valence-electron chi connectivity index (χ3n) is 2.71. The van der Waals surface area contributed by atoms with Crippen molar-refractivity contribution >= 4 is 27.5 Å². The minimum atomic E-state index is 0.125. The van der Waals surface area contributed by atoms with Crippen LogP contribution in [0.15, 0.2) is 16.7 Å². The zero-order chi connectivity index (χ0) is 12.4. The van der Waals surface area contributed by atoms with E-state index >= 15 is 0 Å². The molecule has 0 amide bonds. The van der Waals surface area contributed by atoms with Gasteiger partial charge in [0, 0.05) is 23.5 Å². The molecule has 1 saturated heterocycles. The second-order valence-electron chi connectivity index (χ2n) is 4.41. The van der Waals surface area contributed by atoms with Gasteiger partial charge < -0.3 is 9.47 Å². The Bertz CT molecular complexity index is 392. The van der Waals surface area contributed by atoms with Gasteiger partial charge in [-0.25, -0.2) is 4.98 Å². The molecule has 2 heterocycles. The summed E-state index contributed by atoms with van der Waals surface area (Å²) in [5.74, 6) is 0.501. The van der Waals surface area contributed by atoms with Crippen LogP contribution < -0.4 is 4.74 Å². The number of nitrogens with zero attached hydrogens (tertiary/aromatic N) is 1. The maximum absolute atomic E-state index is 6.07. The lowest BCUT2D eigenvalue weighted by Crippen LogP contribution is -2.35. The zero-order valence-corrected chi connectivity index (χ0v) is 12.2. The molecule has 0 saturated carbocycles. The van der Waals surface area contributed by atoms with Gasteiger partial charge in [-0.1, -0.05) is 11.6 Å². The van der Waals surface area contributed by atoms with Crippen molar-refractivity contribution < 1.29 is 9.47 Å². The second kappa shape index (κ2) is 5.55. The van der Waals surface area contributed by atoms with E-state index in [0.29, 0.717) is 10.9 Å². The van der Waals surface area contributed by atoms with Crippen LogP contribution in [0.4, 0.5) is 0 Å². The van der Waals surface area contributed by atoms with E-state index in [2.05, 4.69) is 34.8 Å². The third kappa shape index (κ3) is 3.57. The molecule has 0 radical (unpaired) electrons. The smallest absolute Gasteiger partial charge is 0.232 e. The highest BCUT2D eigenvalue weighted by atomic mass is 79.9. The summed E-state index contributed by atoms with van der Waals surface area (Å²) >= 11 is 9.39. The Morgan fingerprint density at radius 2 is 2.06 bits per heavy atom. The van der Waals surface area contributed by atoms with E-state index < -0.39 is 0 Å². The molecule has 17 heavy (non-hydrogen) atoms. The first-order valence-corrected chi connectivity index (χ1v) is 6.85. The van der Waals surface area contributed by atoms with E-state index in [4.69, 9.17) is 21.1 Å². The molecule has 0 N–H and O–H groups in total. The van der Waals surface area contributed by atoms with Crippen LogP contribution in [0, 0.1) is 0 Å². The van der Waals surface area contributed by atoms with Crippen molar-refractivity contribution in [1.82, 2.24) is 4.98 Å². The first-order chi connectivity index (χ1) is 8.04. The number of rotatable bonds is 2. The van der Waals surface area contributed by atoms with Crippen molar-refractivity contribution in [2.75, 3.05) is 0 Å². The summed E-state index contributed by atoms with van der Waals surface area (Å²) in [5.41, 5.74) is 0. The fraction of sp³-hybridized carbons (Fsp3) is 0.583. The van der Waals surface area contributed by atoms with Crippen LogP contribution in [0.3, 0.4) is 0 Å².